The molecular weight excluding hydrogens is 366 g/mol. The highest BCUT2D eigenvalue weighted by Crippen LogP contribution is 2.39. The monoisotopic (exact) mass is 388 g/mol. The molecule has 1 aliphatic heterocycles. The van der Waals surface area contributed by atoms with Gasteiger partial charge < -0.3 is 9.80 Å². The van der Waals surface area contributed by atoms with Gasteiger partial charge in [0.15, 0.2) is 5.82 Å². The molecule has 140 valence electrons. The molecule has 4 aromatic rings. The maximum Gasteiger partial charge on any atom is 0.181 e. The first-order valence-corrected chi connectivity index (χ1v) is 10.5. The van der Waals surface area contributed by atoms with E-state index < -0.39 is 0 Å². The minimum atomic E-state index is 0.704. The zero-order valence-electron chi connectivity index (χ0n) is 15.8. The Morgan fingerprint density at radius 2 is 1.75 bits per heavy atom. The molecule has 6 heteroatoms. The van der Waals surface area contributed by atoms with Crippen LogP contribution in [-0.4, -0.2) is 48.2 Å². The Hall–Kier alpha value is -2.83. The van der Waals surface area contributed by atoms with Crippen molar-refractivity contribution < 1.29 is 4.90 Å². The fourth-order valence-corrected chi connectivity index (χ4v) is 4.63. The van der Waals surface area contributed by atoms with Crippen LogP contribution in [0.25, 0.3) is 32.9 Å². The number of thiophene rings is 1. The molecule has 28 heavy (non-hydrogen) atoms. The standard InChI is InChI=1S/C22H21N5S/c1-26-11-13-27(14-12-26)21-19-17(16-7-3-2-4-8-16)15-28-22(19)25-20(24-21)18-9-5-6-10-23-18/h2-10,15H,11-14H2,1H3/p+1. The first-order chi connectivity index (χ1) is 13.8. The Morgan fingerprint density at radius 1 is 0.964 bits per heavy atom. The molecule has 0 aliphatic carbocycles. The van der Waals surface area contributed by atoms with E-state index in [0.717, 1.165) is 47.9 Å². The number of benzene rings is 1. The maximum atomic E-state index is 5.03. The first kappa shape index (κ1) is 17.3. The summed E-state index contributed by atoms with van der Waals surface area (Å²) in [5, 5.41) is 3.37. The molecule has 0 bridgehead atoms. The van der Waals surface area contributed by atoms with Gasteiger partial charge in [-0.05, 0) is 17.7 Å². The number of quaternary nitrogens is 1. The molecule has 5 rings (SSSR count). The number of hydrogen-bond acceptors (Lipinski definition) is 5. The zero-order chi connectivity index (χ0) is 18.9. The van der Waals surface area contributed by atoms with Crippen molar-refractivity contribution in [3.05, 3.63) is 60.1 Å². The second-order valence-electron chi connectivity index (χ2n) is 7.23. The molecule has 1 N–H and O–H groups in total. The van der Waals surface area contributed by atoms with E-state index in [2.05, 4.69) is 52.6 Å². The Balaban J connectivity index is 1.71. The summed E-state index contributed by atoms with van der Waals surface area (Å²) in [5.74, 6) is 1.74. The van der Waals surface area contributed by atoms with Crippen LogP contribution in [0.4, 0.5) is 5.82 Å². The predicted octanol–water partition coefficient (Wildman–Crippen LogP) is 2.76. The van der Waals surface area contributed by atoms with Gasteiger partial charge in [-0.15, -0.1) is 11.3 Å². The largest absolute Gasteiger partial charge is 0.345 e. The quantitative estimate of drug-likeness (QED) is 0.586. The summed E-state index contributed by atoms with van der Waals surface area (Å²) in [5.41, 5.74) is 3.25. The normalized spacial score (nSPS) is 15.2. The van der Waals surface area contributed by atoms with Crippen molar-refractivity contribution in [2.75, 3.05) is 38.1 Å². The van der Waals surface area contributed by atoms with E-state index in [4.69, 9.17) is 9.97 Å². The third-order valence-electron chi connectivity index (χ3n) is 5.31. The molecular formula is C22H22N5S+. The van der Waals surface area contributed by atoms with Crippen LogP contribution in [0.3, 0.4) is 0 Å². The van der Waals surface area contributed by atoms with E-state index in [1.165, 1.54) is 11.1 Å². The summed E-state index contributed by atoms with van der Waals surface area (Å²) in [4.78, 5) is 19.4. The molecule has 5 nitrogen and oxygen atoms in total. The smallest absolute Gasteiger partial charge is 0.181 e. The summed E-state index contributed by atoms with van der Waals surface area (Å²) in [7, 11) is 2.26. The molecule has 3 aromatic heterocycles. The highest BCUT2D eigenvalue weighted by Gasteiger charge is 2.24. The number of piperazine rings is 1. The van der Waals surface area contributed by atoms with Gasteiger partial charge in [-0.3, -0.25) is 4.98 Å². The molecule has 1 saturated heterocycles. The molecule has 1 fully saturated rings. The second-order valence-corrected chi connectivity index (χ2v) is 8.08. The lowest BCUT2D eigenvalue weighted by Gasteiger charge is -2.31. The van der Waals surface area contributed by atoms with E-state index >= 15 is 0 Å². The molecule has 0 radical (unpaired) electrons. The molecule has 0 atom stereocenters. The van der Waals surface area contributed by atoms with Crippen LogP contribution in [0.1, 0.15) is 0 Å². The van der Waals surface area contributed by atoms with Gasteiger partial charge in [0.25, 0.3) is 0 Å². The van der Waals surface area contributed by atoms with Crippen molar-refractivity contribution in [2.24, 2.45) is 0 Å². The predicted molar refractivity (Wildman–Crippen MR) is 115 cm³/mol. The van der Waals surface area contributed by atoms with E-state index in [9.17, 15) is 0 Å². The number of nitrogens with one attached hydrogen (secondary N) is 1. The highest BCUT2D eigenvalue weighted by molar-refractivity contribution is 7.17. The number of aromatic nitrogens is 3. The average Bonchev–Trinajstić information content (AvgIpc) is 3.19. The number of anilines is 1. The second kappa shape index (κ2) is 7.30. The van der Waals surface area contributed by atoms with Gasteiger partial charge in [0.1, 0.15) is 16.3 Å². The molecule has 4 heterocycles. The van der Waals surface area contributed by atoms with Gasteiger partial charge in [0.05, 0.1) is 38.6 Å². The van der Waals surface area contributed by atoms with Crippen LogP contribution in [0.5, 0.6) is 0 Å². The molecule has 1 aliphatic rings. The van der Waals surface area contributed by atoms with Crippen molar-refractivity contribution in [2.45, 2.75) is 0 Å². The van der Waals surface area contributed by atoms with Gasteiger partial charge in [-0.2, -0.15) is 0 Å². The first-order valence-electron chi connectivity index (χ1n) is 9.62. The van der Waals surface area contributed by atoms with Crippen LogP contribution < -0.4 is 9.80 Å². The van der Waals surface area contributed by atoms with Gasteiger partial charge in [-0.1, -0.05) is 36.4 Å². The van der Waals surface area contributed by atoms with E-state index in [1.54, 1.807) is 22.4 Å². The number of hydrogen-bond donors (Lipinski definition) is 1. The topological polar surface area (TPSA) is 46.4 Å². The summed E-state index contributed by atoms with van der Waals surface area (Å²) in [6, 6.07) is 16.4. The Kier molecular flexibility index (Phi) is 4.50. The van der Waals surface area contributed by atoms with Crippen LogP contribution in [0, 0.1) is 0 Å². The zero-order valence-corrected chi connectivity index (χ0v) is 16.6. The van der Waals surface area contributed by atoms with E-state index in [0.29, 0.717) is 5.82 Å². The fraction of sp³-hybridized carbons (Fsp3) is 0.227. The number of likely N-dealkylation sites (N-methyl/N-ethyl adjacent to an activating group) is 1. The van der Waals surface area contributed by atoms with Crippen LogP contribution in [-0.2, 0) is 0 Å². The summed E-state index contributed by atoms with van der Waals surface area (Å²) < 4.78 is 0. The maximum absolute atomic E-state index is 5.03. The minimum absolute atomic E-state index is 0.704. The Labute approximate surface area is 168 Å². The van der Waals surface area contributed by atoms with Crippen molar-refractivity contribution in [3.8, 4) is 22.6 Å². The lowest BCUT2D eigenvalue weighted by molar-refractivity contribution is -0.880. The minimum Gasteiger partial charge on any atom is -0.345 e. The summed E-state index contributed by atoms with van der Waals surface area (Å²) in [6.07, 6.45) is 1.80. The fourth-order valence-electron chi connectivity index (χ4n) is 3.69. The third kappa shape index (κ3) is 3.15. The van der Waals surface area contributed by atoms with Gasteiger partial charge in [0.2, 0.25) is 0 Å². The molecule has 1 aromatic carbocycles. The van der Waals surface area contributed by atoms with Crippen molar-refractivity contribution in [3.63, 3.8) is 0 Å². The van der Waals surface area contributed by atoms with Crippen LogP contribution >= 0.6 is 11.3 Å². The van der Waals surface area contributed by atoms with Gasteiger partial charge >= 0.3 is 0 Å². The van der Waals surface area contributed by atoms with Gasteiger partial charge in [-0.25, -0.2) is 9.97 Å². The Bertz CT molecular complexity index is 1090. The van der Waals surface area contributed by atoms with E-state index in [-0.39, 0.29) is 0 Å². The van der Waals surface area contributed by atoms with Crippen molar-refractivity contribution in [1.29, 1.82) is 0 Å². The molecule has 0 amide bonds. The van der Waals surface area contributed by atoms with Crippen molar-refractivity contribution >= 4 is 27.4 Å². The lowest BCUT2D eigenvalue weighted by Crippen LogP contribution is -3.12. The Morgan fingerprint density at radius 3 is 2.50 bits per heavy atom. The third-order valence-corrected chi connectivity index (χ3v) is 6.18. The average molecular weight is 389 g/mol. The molecule has 0 spiro atoms. The highest BCUT2D eigenvalue weighted by atomic mass is 32.1. The summed E-state index contributed by atoms with van der Waals surface area (Å²) in [6.45, 7) is 4.25. The van der Waals surface area contributed by atoms with E-state index in [1.807, 2.05) is 18.2 Å². The number of pyridine rings is 1. The van der Waals surface area contributed by atoms with Crippen molar-refractivity contribution in [1.82, 2.24) is 15.0 Å². The van der Waals surface area contributed by atoms with Gasteiger partial charge in [0, 0.05) is 17.1 Å². The number of rotatable bonds is 3. The molecule has 0 unspecified atom stereocenters. The number of nitrogens with zero attached hydrogens (tertiary/aromatic N) is 4. The summed E-state index contributed by atoms with van der Waals surface area (Å²) >= 11 is 1.69. The molecule has 0 saturated carbocycles. The van der Waals surface area contributed by atoms with Crippen LogP contribution in [0.2, 0.25) is 0 Å². The van der Waals surface area contributed by atoms with Crippen LogP contribution in [0.15, 0.2) is 60.1 Å². The number of fused-ring (bicyclic) bond motifs is 1. The SMILES string of the molecule is C[NH+]1CCN(c2nc(-c3ccccn3)nc3scc(-c4ccccc4)c23)CC1. The lowest BCUT2D eigenvalue weighted by atomic mass is 10.1.